The molecule has 0 amide bonds. The smallest absolute Gasteiger partial charge is 0.333 e. The van der Waals surface area contributed by atoms with Crippen LogP contribution in [0, 0.1) is 0 Å². The average molecular weight is 409 g/mol. The predicted octanol–water partition coefficient (Wildman–Crippen LogP) is 3.58. The quantitative estimate of drug-likeness (QED) is 0.591. The van der Waals surface area contributed by atoms with Gasteiger partial charge in [0.1, 0.15) is 30.8 Å². The van der Waals surface area contributed by atoms with E-state index in [1.54, 1.807) is 56.3 Å². The van der Waals surface area contributed by atoms with Gasteiger partial charge < -0.3 is 24.4 Å². The molecule has 6 nitrogen and oxygen atoms in total. The first-order valence-electron chi connectivity index (χ1n) is 9.00. The summed E-state index contributed by atoms with van der Waals surface area (Å²) in [5.74, 6) is 0.141. The lowest BCUT2D eigenvalue weighted by atomic mass is 10.1. The fourth-order valence-corrected chi connectivity index (χ4v) is 2.59. The third kappa shape index (κ3) is 7.76. The molecule has 0 fully saturated rings. The fourth-order valence-electron chi connectivity index (χ4n) is 2.46. The highest BCUT2D eigenvalue weighted by atomic mass is 35.5. The monoisotopic (exact) mass is 408 g/mol. The molecule has 0 unspecified atom stereocenters. The van der Waals surface area contributed by atoms with Gasteiger partial charge in [0.25, 0.3) is 0 Å². The molecule has 2 N–H and O–H groups in total. The van der Waals surface area contributed by atoms with E-state index in [1.165, 1.54) is 0 Å². The summed E-state index contributed by atoms with van der Waals surface area (Å²) < 4.78 is 16.5. The van der Waals surface area contributed by atoms with Crippen LogP contribution in [0.1, 0.15) is 19.4 Å². The Morgan fingerprint density at radius 2 is 1.68 bits per heavy atom. The molecule has 0 aliphatic heterocycles. The Hall–Kier alpha value is -2.28. The van der Waals surface area contributed by atoms with Gasteiger partial charge in [0.05, 0.1) is 6.10 Å². The summed E-state index contributed by atoms with van der Waals surface area (Å²) in [6, 6.07) is 13.9. The number of aliphatic hydroxyl groups is 1. The molecule has 0 heterocycles. The van der Waals surface area contributed by atoms with Gasteiger partial charge in [-0.15, -0.1) is 0 Å². The second-order valence-electron chi connectivity index (χ2n) is 6.59. The van der Waals surface area contributed by atoms with E-state index in [9.17, 15) is 15.0 Å². The van der Waals surface area contributed by atoms with Crippen molar-refractivity contribution in [1.29, 1.82) is 0 Å². The number of ether oxygens (including phenoxy) is 3. The van der Waals surface area contributed by atoms with Crippen molar-refractivity contribution in [3.63, 3.8) is 0 Å². The highest BCUT2D eigenvalue weighted by Crippen LogP contribution is 2.18. The maximum atomic E-state index is 11.3. The highest BCUT2D eigenvalue weighted by Gasteiger charge is 2.20. The molecule has 2 rings (SSSR count). The summed E-state index contributed by atoms with van der Waals surface area (Å²) in [5, 5.41) is 19.9. The number of benzene rings is 2. The van der Waals surface area contributed by atoms with E-state index >= 15 is 0 Å². The summed E-state index contributed by atoms with van der Waals surface area (Å²) in [7, 11) is 0. The van der Waals surface area contributed by atoms with Gasteiger partial charge in [-0.3, -0.25) is 0 Å². The number of halogens is 1. The van der Waals surface area contributed by atoms with Gasteiger partial charge in [-0.05, 0) is 55.8 Å². The minimum atomic E-state index is -1.00. The summed E-state index contributed by atoms with van der Waals surface area (Å²) in [6.07, 6.45) is -1.70. The van der Waals surface area contributed by atoms with Crippen LogP contribution in [0.25, 0.3) is 0 Å². The van der Waals surface area contributed by atoms with Crippen LogP contribution < -0.4 is 9.47 Å². The lowest BCUT2D eigenvalue weighted by Gasteiger charge is -2.17. The minimum Gasteiger partial charge on any atom is -0.491 e. The number of hydrogen-bond donors (Lipinski definition) is 2. The molecule has 0 spiro atoms. The van der Waals surface area contributed by atoms with Gasteiger partial charge in [-0.2, -0.15) is 0 Å². The molecule has 2 aromatic carbocycles. The first kappa shape index (κ1) is 22.0. The lowest BCUT2D eigenvalue weighted by molar-refractivity contribution is -0.153. The summed E-state index contributed by atoms with van der Waals surface area (Å²) >= 11 is 5.81. The van der Waals surface area contributed by atoms with E-state index in [0.717, 1.165) is 5.56 Å². The average Bonchev–Trinajstić information content (AvgIpc) is 2.65. The van der Waals surface area contributed by atoms with E-state index in [0.29, 0.717) is 16.5 Å². The first-order chi connectivity index (χ1) is 13.3. The summed E-state index contributed by atoms with van der Waals surface area (Å²) in [4.78, 5) is 11.3. The van der Waals surface area contributed by atoms with Crippen LogP contribution >= 0.6 is 11.6 Å². The zero-order chi connectivity index (χ0) is 20.5. The van der Waals surface area contributed by atoms with E-state index in [-0.39, 0.29) is 25.7 Å². The van der Waals surface area contributed by atoms with Gasteiger partial charge in [0, 0.05) is 11.4 Å². The number of carboxylic acids is 1. The molecule has 0 bridgehead atoms. The molecule has 2 atom stereocenters. The molecule has 152 valence electrons. The highest BCUT2D eigenvalue weighted by molar-refractivity contribution is 6.30. The van der Waals surface area contributed by atoms with E-state index < -0.39 is 18.2 Å². The van der Waals surface area contributed by atoms with Crippen molar-refractivity contribution in [3.05, 3.63) is 59.1 Å². The third-order valence-corrected chi connectivity index (χ3v) is 3.98. The topological polar surface area (TPSA) is 85.2 Å². The Bertz CT molecular complexity index is 747. The molecule has 0 aromatic heterocycles. The number of hydrogen-bond acceptors (Lipinski definition) is 5. The van der Waals surface area contributed by atoms with Gasteiger partial charge in [-0.1, -0.05) is 23.7 Å². The zero-order valence-electron chi connectivity index (χ0n) is 15.9. The Labute approximate surface area is 169 Å². The molecule has 0 aliphatic rings. The van der Waals surface area contributed by atoms with E-state index in [1.807, 2.05) is 6.07 Å². The van der Waals surface area contributed by atoms with Crippen molar-refractivity contribution in [3.8, 4) is 11.5 Å². The molecular weight excluding hydrogens is 384 g/mol. The number of rotatable bonds is 11. The number of aliphatic carboxylic acids is 1. The number of carboxylic acid groups (broad SMARTS) is 1. The van der Waals surface area contributed by atoms with Gasteiger partial charge in [-0.25, -0.2) is 4.79 Å². The van der Waals surface area contributed by atoms with Crippen molar-refractivity contribution < 1.29 is 29.2 Å². The molecule has 0 radical (unpaired) electrons. The standard InChI is InChI=1S/C21H25ClO6/c1-14(2)28-20(21(24)25)11-15-4-3-5-19(10-15)27-13-17(23)12-26-18-8-6-16(22)7-9-18/h3-10,14,17,20,23H,11-13H2,1-2H3,(H,24,25)/t17-,20-/m0/s1. The van der Waals surface area contributed by atoms with Gasteiger partial charge >= 0.3 is 5.97 Å². The second-order valence-corrected chi connectivity index (χ2v) is 7.03. The lowest BCUT2D eigenvalue weighted by Crippen LogP contribution is -2.29. The first-order valence-corrected chi connectivity index (χ1v) is 9.37. The summed E-state index contributed by atoms with van der Waals surface area (Å²) in [5.41, 5.74) is 0.775. The van der Waals surface area contributed by atoms with Crippen molar-refractivity contribution in [2.24, 2.45) is 0 Å². The van der Waals surface area contributed by atoms with Crippen LogP contribution in [0.3, 0.4) is 0 Å². The van der Waals surface area contributed by atoms with Crippen LogP contribution in [-0.4, -0.2) is 47.7 Å². The third-order valence-electron chi connectivity index (χ3n) is 3.73. The van der Waals surface area contributed by atoms with Crippen molar-refractivity contribution >= 4 is 17.6 Å². The normalized spacial score (nSPS) is 13.2. The molecule has 0 aliphatic carbocycles. The SMILES string of the molecule is CC(C)O[C@@H](Cc1cccc(OC[C@@H](O)COc2ccc(Cl)cc2)c1)C(=O)O. The van der Waals surface area contributed by atoms with Gasteiger partial charge in [0.15, 0.2) is 6.10 Å². The Morgan fingerprint density at radius 3 is 2.29 bits per heavy atom. The molecule has 2 aromatic rings. The predicted molar refractivity (Wildman–Crippen MR) is 106 cm³/mol. The molecular formula is C21H25ClO6. The molecule has 28 heavy (non-hydrogen) atoms. The van der Waals surface area contributed by atoms with E-state index in [2.05, 4.69) is 0 Å². The molecule has 7 heteroatoms. The van der Waals surface area contributed by atoms with Crippen molar-refractivity contribution in [1.82, 2.24) is 0 Å². The summed E-state index contributed by atoms with van der Waals surface area (Å²) in [6.45, 7) is 3.71. The van der Waals surface area contributed by atoms with Crippen LogP contribution in [0.4, 0.5) is 0 Å². The molecule has 0 saturated carbocycles. The Morgan fingerprint density at radius 1 is 1.04 bits per heavy atom. The van der Waals surface area contributed by atoms with E-state index in [4.69, 9.17) is 25.8 Å². The largest absolute Gasteiger partial charge is 0.491 e. The van der Waals surface area contributed by atoms with Crippen molar-refractivity contribution in [2.75, 3.05) is 13.2 Å². The maximum Gasteiger partial charge on any atom is 0.333 e. The number of carbonyl (C=O) groups is 1. The van der Waals surface area contributed by atoms with Crippen LogP contribution in [0.2, 0.25) is 5.02 Å². The van der Waals surface area contributed by atoms with Crippen molar-refractivity contribution in [2.45, 2.75) is 38.6 Å². The zero-order valence-corrected chi connectivity index (χ0v) is 16.6. The van der Waals surface area contributed by atoms with Crippen LogP contribution in [0.15, 0.2) is 48.5 Å². The van der Waals surface area contributed by atoms with Gasteiger partial charge in [0.2, 0.25) is 0 Å². The Kier molecular flexibility index (Phi) is 8.57. The second kappa shape index (κ2) is 10.9. The van der Waals surface area contributed by atoms with Crippen LogP contribution in [0.5, 0.6) is 11.5 Å². The number of aliphatic hydroxyl groups excluding tert-OH is 1. The Balaban J connectivity index is 1.84. The fraction of sp³-hybridized carbons (Fsp3) is 0.381. The molecule has 0 saturated heterocycles. The minimum absolute atomic E-state index is 0.0435. The maximum absolute atomic E-state index is 11.3. The van der Waals surface area contributed by atoms with Crippen LogP contribution in [-0.2, 0) is 16.0 Å².